The van der Waals surface area contributed by atoms with Crippen molar-refractivity contribution >= 4 is 21.6 Å². The highest BCUT2D eigenvalue weighted by atomic mass is 32.2. The van der Waals surface area contributed by atoms with Crippen LogP contribution in [0.2, 0.25) is 0 Å². The third kappa shape index (κ3) is 5.57. The molecule has 0 heterocycles. The van der Waals surface area contributed by atoms with Crippen LogP contribution in [-0.2, 0) is 14.8 Å². The van der Waals surface area contributed by atoms with Gasteiger partial charge in [0.15, 0.2) is 6.61 Å². The van der Waals surface area contributed by atoms with Gasteiger partial charge in [0.25, 0.3) is 5.91 Å². The van der Waals surface area contributed by atoms with E-state index in [0.717, 1.165) is 11.1 Å². The van der Waals surface area contributed by atoms with Crippen molar-refractivity contribution < 1.29 is 17.9 Å². The Morgan fingerprint density at radius 3 is 2.42 bits per heavy atom. The van der Waals surface area contributed by atoms with Gasteiger partial charge in [-0.15, -0.1) is 0 Å². The number of amides is 1. The molecule has 7 heteroatoms. The lowest BCUT2D eigenvalue weighted by molar-refractivity contribution is -0.118. The van der Waals surface area contributed by atoms with Gasteiger partial charge in [0.05, 0.1) is 4.90 Å². The molecule has 1 amide bonds. The number of sulfonamides is 1. The van der Waals surface area contributed by atoms with Gasteiger partial charge < -0.3 is 10.1 Å². The number of anilines is 1. The minimum atomic E-state index is -3.51. The zero-order valence-corrected chi connectivity index (χ0v) is 16.0. The van der Waals surface area contributed by atoms with Gasteiger partial charge in [-0.05, 0) is 61.7 Å². The molecule has 0 aliphatic heterocycles. The summed E-state index contributed by atoms with van der Waals surface area (Å²) >= 11 is 0. The molecular weight excluding hydrogens is 352 g/mol. The summed E-state index contributed by atoms with van der Waals surface area (Å²) in [6, 6.07) is 11.8. The topological polar surface area (TPSA) is 84.5 Å². The number of rotatable bonds is 8. The highest BCUT2D eigenvalue weighted by molar-refractivity contribution is 7.89. The first-order valence-electron chi connectivity index (χ1n) is 8.41. The first-order chi connectivity index (χ1) is 12.3. The van der Waals surface area contributed by atoms with Crippen LogP contribution in [-0.4, -0.2) is 27.5 Å². The molecule has 0 spiro atoms. The first-order valence-corrected chi connectivity index (χ1v) is 9.90. The van der Waals surface area contributed by atoms with Gasteiger partial charge in [-0.25, -0.2) is 13.1 Å². The van der Waals surface area contributed by atoms with Crippen molar-refractivity contribution in [3.63, 3.8) is 0 Å². The number of aryl methyl sites for hydroxylation is 2. The van der Waals surface area contributed by atoms with Crippen molar-refractivity contribution in [1.29, 1.82) is 0 Å². The van der Waals surface area contributed by atoms with E-state index in [4.69, 9.17) is 4.74 Å². The Bertz CT molecular complexity index is 862. The smallest absolute Gasteiger partial charge is 0.262 e. The quantitative estimate of drug-likeness (QED) is 0.742. The summed E-state index contributed by atoms with van der Waals surface area (Å²) in [4.78, 5) is 12.2. The largest absolute Gasteiger partial charge is 0.483 e. The highest BCUT2D eigenvalue weighted by Gasteiger charge is 2.13. The molecule has 0 fully saturated rings. The fourth-order valence-corrected chi connectivity index (χ4v) is 3.37. The van der Waals surface area contributed by atoms with Crippen molar-refractivity contribution in [3.05, 3.63) is 53.6 Å². The molecular formula is C19H24N2O4S. The second-order valence-electron chi connectivity index (χ2n) is 6.03. The average molecular weight is 376 g/mol. The number of carbonyl (C=O) groups is 1. The fourth-order valence-electron chi connectivity index (χ4n) is 2.24. The summed E-state index contributed by atoms with van der Waals surface area (Å²) in [5.74, 6) is 0.356. The molecule has 0 unspecified atom stereocenters. The summed E-state index contributed by atoms with van der Waals surface area (Å²) in [5, 5.41) is 2.69. The zero-order chi connectivity index (χ0) is 19.2. The average Bonchev–Trinajstić information content (AvgIpc) is 2.61. The Kier molecular flexibility index (Phi) is 6.76. The van der Waals surface area contributed by atoms with Crippen molar-refractivity contribution in [2.75, 3.05) is 18.5 Å². The minimum absolute atomic E-state index is 0.123. The van der Waals surface area contributed by atoms with Gasteiger partial charge >= 0.3 is 0 Å². The molecule has 0 atom stereocenters. The molecule has 0 bridgehead atoms. The highest BCUT2D eigenvalue weighted by Crippen LogP contribution is 2.19. The summed E-state index contributed by atoms with van der Waals surface area (Å²) in [6.45, 7) is 6.02. The Hall–Kier alpha value is -2.38. The lowest BCUT2D eigenvalue weighted by Crippen LogP contribution is -2.24. The third-order valence-corrected chi connectivity index (χ3v) is 5.17. The van der Waals surface area contributed by atoms with Crippen LogP contribution in [0, 0.1) is 13.8 Å². The monoisotopic (exact) mass is 376 g/mol. The maximum Gasteiger partial charge on any atom is 0.262 e. The van der Waals surface area contributed by atoms with E-state index >= 15 is 0 Å². The third-order valence-electron chi connectivity index (χ3n) is 3.69. The minimum Gasteiger partial charge on any atom is -0.483 e. The number of hydrogen-bond donors (Lipinski definition) is 2. The van der Waals surface area contributed by atoms with E-state index in [-0.39, 0.29) is 17.4 Å². The van der Waals surface area contributed by atoms with Crippen LogP contribution in [0.5, 0.6) is 5.75 Å². The molecule has 26 heavy (non-hydrogen) atoms. The SMILES string of the molecule is CCCNS(=O)(=O)c1ccc(NC(=O)COc2cc(C)ccc2C)cc1. The summed E-state index contributed by atoms with van der Waals surface area (Å²) in [7, 11) is -3.51. The van der Waals surface area contributed by atoms with E-state index in [1.54, 1.807) is 12.1 Å². The normalized spacial score (nSPS) is 11.2. The molecule has 0 aliphatic rings. The molecule has 6 nitrogen and oxygen atoms in total. The van der Waals surface area contributed by atoms with Crippen molar-refractivity contribution in [1.82, 2.24) is 4.72 Å². The predicted molar refractivity (Wildman–Crippen MR) is 102 cm³/mol. The molecule has 2 rings (SSSR count). The van der Waals surface area contributed by atoms with E-state index in [1.807, 2.05) is 39.0 Å². The van der Waals surface area contributed by atoms with Crippen LogP contribution >= 0.6 is 0 Å². The van der Waals surface area contributed by atoms with Gasteiger partial charge in [-0.1, -0.05) is 19.1 Å². The van der Waals surface area contributed by atoms with Crippen molar-refractivity contribution in [2.45, 2.75) is 32.1 Å². The van der Waals surface area contributed by atoms with E-state index in [1.165, 1.54) is 12.1 Å². The standard InChI is InChI=1S/C19H24N2O4S/c1-4-11-20-26(23,24)17-9-7-16(8-10-17)21-19(22)13-25-18-12-14(2)5-6-15(18)3/h5-10,12,20H,4,11,13H2,1-3H3,(H,21,22). The summed E-state index contributed by atoms with van der Waals surface area (Å²) in [6.07, 6.45) is 0.716. The van der Waals surface area contributed by atoms with Gasteiger partial charge in [0.1, 0.15) is 5.75 Å². The van der Waals surface area contributed by atoms with E-state index in [9.17, 15) is 13.2 Å². The molecule has 0 aromatic heterocycles. The number of hydrogen-bond acceptors (Lipinski definition) is 4. The molecule has 2 aromatic rings. The molecule has 2 N–H and O–H groups in total. The molecule has 0 aliphatic carbocycles. The molecule has 140 valence electrons. The van der Waals surface area contributed by atoms with Crippen LogP contribution in [0.3, 0.4) is 0 Å². The van der Waals surface area contributed by atoms with Crippen LogP contribution in [0.25, 0.3) is 0 Å². The lowest BCUT2D eigenvalue weighted by Gasteiger charge is -2.11. The van der Waals surface area contributed by atoms with E-state index in [2.05, 4.69) is 10.0 Å². The van der Waals surface area contributed by atoms with Gasteiger partial charge in [0, 0.05) is 12.2 Å². The maximum atomic E-state index is 12.0. The molecule has 0 radical (unpaired) electrons. The number of nitrogens with one attached hydrogen (secondary N) is 2. The van der Waals surface area contributed by atoms with Gasteiger partial charge in [0.2, 0.25) is 10.0 Å². The van der Waals surface area contributed by atoms with Crippen molar-refractivity contribution in [3.8, 4) is 5.75 Å². The number of carbonyl (C=O) groups excluding carboxylic acids is 1. The first kappa shape index (κ1) is 19.9. The van der Waals surface area contributed by atoms with Crippen LogP contribution < -0.4 is 14.8 Å². The zero-order valence-electron chi connectivity index (χ0n) is 15.2. The lowest BCUT2D eigenvalue weighted by atomic mass is 10.1. The Balaban J connectivity index is 1.94. The van der Waals surface area contributed by atoms with Crippen molar-refractivity contribution in [2.24, 2.45) is 0 Å². The number of ether oxygens (including phenoxy) is 1. The Morgan fingerprint density at radius 1 is 1.08 bits per heavy atom. The van der Waals surface area contributed by atoms with E-state index in [0.29, 0.717) is 24.4 Å². The summed E-state index contributed by atoms with van der Waals surface area (Å²) < 4.78 is 32.1. The molecule has 0 saturated carbocycles. The predicted octanol–water partition coefficient (Wildman–Crippen LogP) is 3.01. The summed E-state index contributed by atoms with van der Waals surface area (Å²) in [5.41, 5.74) is 2.52. The molecule has 2 aromatic carbocycles. The van der Waals surface area contributed by atoms with Crippen LogP contribution in [0.15, 0.2) is 47.4 Å². The number of benzene rings is 2. The fraction of sp³-hybridized carbons (Fsp3) is 0.316. The second-order valence-corrected chi connectivity index (χ2v) is 7.79. The maximum absolute atomic E-state index is 12.0. The Morgan fingerprint density at radius 2 is 1.77 bits per heavy atom. The van der Waals surface area contributed by atoms with Crippen LogP contribution in [0.1, 0.15) is 24.5 Å². The second kappa shape index (κ2) is 8.82. The molecule has 0 saturated heterocycles. The van der Waals surface area contributed by atoms with Gasteiger partial charge in [-0.3, -0.25) is 4.79 Å². The van der Waals surface area contributed by atoms with Crippen LogP contribution in [0.4, 0.5) is 5.69 Å². The van der Waals surface area contributed by atoms with E-state index < -0.39 is 10.0 Å². The Labute approximate surface area is 154 Å². The van der Waals surface area contributed by atoms with Gasteiger partial charge in [-0.2, -0.15) is 0 Å².